The number of hydrogen-bond acceptors (Lipinski definition) is 2. The molecule has 2 heteroatoms. The summed E-state index contributed by atoms with van der Waals surface area (Å²) in [6.07, 6.45) is 2.02. The van der Waals surface area contributed by atoms with Gasteiger partial charge in [0.2, 0.25) is 0 Å². The Morgan fingerprint density at radius 3 is 2.27 bits per heavy atom. The highest BCUT2D eigenvalue weighted by Crippen LogP contribution is 2.15. The molecule has 0 fully saturated rings. The third kappa shape index (κ3) is 3.73. The lowest BCUT2D eigenvalue weighted by Crippen LogP contribution is -2.41. The highest BCUT2D eigenvalue weighted by Gasteiger charge is 2.19. The van der Waals surface area contributed by atoms with E-state index in [1.165, 1.54) is 0 Å². The van der Waals surface area contributed by atoms with Gasteiger partial charge >= 0.3 is 0 Å². The van der Waals surface area contributed by atoms with Gasteiger partial charge in [-0.3, -0.25) is 0 Å². The summed E-state index contributed by atoms with van der Waals surface area (Å²) in [5, 5.41) is 8.63. The van der Waals surface area contributed by atoms with Crippen molar-refractivity contribution in [1.82, 2.24) is 4.90 Å². The fraction of sp³-hybridized carbons (Fsp3) is 1.00. The normalized spacial score (nSPS) is 12.5. The summed E-state index contributed by atoms with van der Waals surface area (Å²) in [5.41, 5.74) is 0.273. The Morgan fingerprint density at radius 2 is 1.91 bits per heavy atom. The second kappa shape index (κ2) is 4.73. The van der Waals surface area contributed by atoms with Crippen molar-refractivity contribution in [2.24, 2.45) is 0 Å². The molecule has 0 spiro atoms. The van der Waals surface area contributed by atoms with Crippen LogP contribution in [0.1, 0.15) is 33.6 Å². The standard InChI is InChI=1S/C9H21NO/c1-5-9(2,3)10(4)7-6-8-11/h11H,5-8H2,1-4H3. The SMILES string of the molecule is CCC(C)(C)N(C)CCCO. The summed E-state index contributed by atoms with van der Waals surface area (Å²) < 4.78 is 0. The van der Waals surface area contributed by atoms with Gasteiger partial charge in [-0.15, -0.1) is 0 Å². The van der Waals surface area contributed by atoms with E-state index < -0.39 is 0 Å². The van der Waals surface area contributed by atoms with Gasteiger partial charge in [0.05, 0.1) is 0 Å². The zero-order valence-electron chi connectivity index (χ0n) is 8.22. The molecule has 0 aliphatic heterocycles. The summed E-state index contributed by atoms with van der Waals surface area (Å²) in [6.45, 7) is 7.92. The predicted molar refractivity (Wildman–Crippen MR) is 48.7 cm³/mol. The molecular weight excluding hydrogens is 138 g/mol. The van der Waals surface area contributed by atoms with Crippen molar-refractivity contribution in [3.8, 4) is 0 Å². The van der Waals surface area contributed by atoms with E-state index in [9.17, 15) is 0 Å². The van der Waals surface area contributed by atoms with Crippen molar-refractivity contribution < 1.29 is 5.11 Å². The molecule has 0 saturated carbocycles. The van der Waals surface area contributed by atoms with Gasteiger partial charge in [-0.05, 0) is 33.7 Å². The van der Waals surface area contributed by atoms with Crippen LogP contribution in [0.25, 0.3) is 0 Å². The van der Waals surface area contributed by atoms with E-state index in [1.54, 1.807) is 0 Å². The molecule has 0 aliphatic rings. The van der Waals surface area contributed by atoms with Crippen molar-refractivity contribution in [3.05, 3.63) is 0 Å². The Bertz CT molecular complexity index is 102. The molecule has 0 aromatic carbocycles. The van der Waals surface area contributed by atoms with E-state index in [1.807, 2.05) is 0 Å². The van der Waals surface area contributed by atoms with Crippen LogP contribution < -0.4 is 0 Å². The van der Waals surface area contributed by atoms with Crippen LogP contribution in [-0.4, -0.2) is 35.7 Å². The molecule has 2 nitrogen and oxygen atoms in total. The first-order valence-electron chi connectivity index (χ1n) is 4.36. The van der Waals surface area contributed by atoms with Crippen LogP contribution >= 0.6 is 0 Å². The lowest BCUT2D eigenvalue weighted by Gasteiger charge is -2.34. The smallest absolute Gasteiger partial charge is 0.0443 e. The third-order valence-electron chi connectivity index (χ3n) is 2.55. The molecule has 0 amide bonds. The van der Waals surface area contributed by atoms with E-state index in [-0.39, 0.29) is 5.54 Å². The summed E-state index contributed by atoms with van der Waals surface area (Å²) in [7, 11) is 2.11. The minimum Gasteiger partial charge on any atom is -0.396 e. The van der Waals surface area contributed by atoms with Crippen molar-refractivity contribution >= 4 is 0 Å². The Balaban J connectivity index is 3.71. The lowest BCUT2D eigenvalue weighted by atomic mass is 10.00. The lowest BCUT2D eigenvalue weighted by molar-refractivity contribution is 0.137. The molecule has 0 unspecified atom stereocenters. The molecule has 0 aliphatic carbocycles. The van der Waals surface area contributed by atoms with E-state index >= 15 is 0 Å². The maximum atomic E-state index is 8.63. The Hall–Kier alpha value is -0.0800. The highest BCUT2D eigenvalue weighted by molar-refractivity contribution is 4.76. The number of rotatable bonds is 5. The maximum absolute atomic E-state index is 8.63. The molecule has 0 aromatic heterocycles. The van der Waals surface area contributed by atoms with Crippen LogP contribution in [-0.2, 0) is 0 Å². The second-order valence-corrected chi connectivity index (χ2v) is 3.66. The molecule has 0 radical (unpaired) electrons. The first-order valence-corrected chi connectivity index (χ1v) is 4.36. The fourth-order valence-electron chi connectivity index (χ4n) is 0.880. The first-order chi connectivity index (χ1) is 5.04. The maximum Gasteiger partial charge on any atom is 0.0443 e. The van der Waals surface area contributed by atoms with Crippen LogP contribution in [0.5, 0.6) is 0 Å². The summed E-state index contributed by atoms with van der Waals surface area (Å²) in [6, 6.07) is 0. The van der Waals surface area contributed by atoms with Crippen LogP contribution in [0.3, 0.4) is 0 Å². The topological polar surface area (TPSA) is 23.5 Å². The monoisotopic (exact) mass is 159 g/mol. The average Bonchev–Trinajstić information content (AvgIpc) is 2.00. The first kappa shape index (κ1) is 10.9. The van der Waals surface area contributed by atoms with Gasteiger partial charge in [-0.1, -0.05) is 6.92 Å². The zero-order chi connectivity index (χ0) is 8.91. The zero-order valence-corrected chi connectivity index (χ0v) is 8.22. The molecule has 0 aromatic rings. The van der Waals surface area contributed by atoms with Crippen molar-refractivity contribution in [3.63, 3.8) is 0 Å². The molecule has 0 heterocycles. The highest BCUT2D eigenvalue weighted by atomic mass is 16.3. The van der Waals surface area contributed by atoms with E-state index in [4.69, 9.17) is 5.11 Å². The molecule has 0 rings (SSSR count). The fourth-order valence-corrected chi connectivity index (χ4v) is 0.880. The minimum atomic E-state index is 0.273. The molecule has 0 saturated heterocycles. The van der Waals surface area contributed by atoms with E-state index in [0.717, 1.165) is 19.4 Å². The third-order valence-corrected chi connectivity index (χ3v) is 2.55. The van der Waals surface area contributed by atoms with Gasteiger partial charge in [-0.25, -0.2) is 0 Å². The molecular formula is C9H21NO. The van der Waals surface area contributed by atoms with Gasteiger partial charge in [0, 0.05) is 18.7 Å². The average molecular weight is 159 g/mol. The van der Waals surface area contributed by atoms with Crippen molar-refractivity contribution in [1.29, 1.82) is 0 Å². The molecule has 68 valence electrons. The molecule has 0 bridgehead atoms. The minimum absolute atomic E-state index is 0.273. The summed E-state index contributed by atoms with van der Waals surface area (Å²) in [4.78, 5) is 2.29. The van der Waals surface area contributed by atoms with Crippen LogP contribution in [0.2, 0.25) is 0 Å². The van der Waals surface area contributed by atoms with Gasteiger partial charge in [0.25, 0.3) is 0 Å². The quantitative estimate of drug-likeness (QED) is 0.657. The van der Waals surface area contributed by atoms with Gasteiger partial charge in [0.1, 0.15) is 0 Å². The van der Waals surface area contributed by atoms with Gasteiger partial charge < -0.3 is 10.0 Å². The molecule has 0 atom stereocenters. The summed E-state index contributed by atoms with van der Waals surface area (Å²) >= 11 is 0. The number of aliphatic hydroxyl groups is 1. The Labute approximate surface area is 70.2 Å². The molecule has 11 heavy (non-hydrogen) atoms. The van der Waals surface area contributed by atoms with Crippen LogP contribution in [0.4, 0.5) is 0 Å². The number of aliphatic hydroxyl groups excluding tert-OH is 1. The van der Waals surface area contributed by atoms with Crippen molar-refractivity contribution in [2.75, 3.05) is 20.2 Å². The van der Waals surface area contributed by atoms with Crippen molar-refractivity contribution in [2.45, 2.75) is 39.2 Å². The second-order valence-electron chi connectivity index (χ2n) is 3.66. The Morgan fingerprint density at radius 1 is 1.36 bits per heavy atom. The Kier molecular flexibility index (Phi) is 4.69. The van der Waals surface area contributed by atoms with Gasteiger partial charge in [0.15, 0.2) is 0 Å². The summed E-state index contributed by atoms with van der Waals surface area (Å²) in [5.74, 6) is 0. The number of hydrogen-bond donors (Lipinski definition) is 1. The largest absolute Gasteiger partial charge is 0.396 e. The van der Waals surface area contributed by atoms with E-state index in [2.05, 4.69) is 32.7 Å². The molecule has 1 N–H and O–H groups in total. The number of nitrogens with zero attached hydrogens (tertiary/aromatic N) is 1. The van der Waals surface area contributed by atoms with E-state index in [0.29, 0.717) is 6.61 Å². The van der Waals surface area contributed by atoms with Crippen LogP contribution in [0, 0.1) is 0 Å². The van der Waals surface area contributed by atoms with Gasteiger partial charge in [-0.2, -0.15) is 0 Å². The predicted octanol–water partition coefficient (Wildman–Crippen LogP) is 1.49. The van der Waals surface area contributed by atoms with Crippen LogP contribution in [0.15, 0.2) is 0 Å².